The molecule has 1 aromatic rings. The Morgan fingerprint density at radius 2 is 1.83 bits per heavy atom. The minimum absolute atomic E-state index is 0.0435. The number of carbonyl (C=O) groups excluding carboxylic acids is 2. The van der Waals surface area contributed by atoms with E-state index >= 15 is 0 Å². The van der Waals surface area contributed by atoms with Crippen LogP contribution in [0.4, 0.5) is 0 Å². The fourth-order valence-electron chi connectivity index (χ4n) is 3.49. The highest BCUT2D eigenvalue weighted by atomic mass is 16.5. The van der Waals surface area contributed by atoms with Gasteiger partial charge in [0.05, 0.1) is 36.9 Å². The number of amides is 2. The molecule has 0 spiro atoms. The van der Waals surface area contributed by atoms with Crippen molar-refractivity contribution in [3.05, 3.63) is 24.2 Å². The van der Waals surface area contributed by atoms with E-state index in [4.69, 9.17) is 9.15 Å². The number of furan rings is 1. The minimum atomic E-state index is -0.244. The second-order valence-corrected chi connectivity index (χ2v) is 5.18. The summed E-state index contributed by atoms with van der Waals surface area (Å²) < 4.78 is 10.9. The van der Waals surface area contributed by atoms with Crippen LogP contribution in [0.1, 0.15) is 18.6 Å². The quantitative estimate of drug-likeness (QED) is 0.730. The Morgan fingerprint density at radius 3 is 2.39 bits per heavy atom. The maximum absolute atomic E-state index is 12.3. The molecule has 3 saturated heterocycles. The van der Waals surface area contributed by atoms with E-state index in [1.807, 2.05) is 0 Å². The molecule has 4 heterocycles. The van der Waals surface area contributed by atoms with Crippen LogP contribution < -0.4 is 0 Å². The molecular formula is C13H13NO4. The zero-order chi connectivity index (χ0) is 12.3. The third-order valence-electron chi connectivity index (χ3n) is 4.27. The summed E-state index contributed by atoms with van der Waals surface area (Å²) in [7, 11) is 0. The van der Waals surface area contributed by atoms with Crippen LogP contribution >= 0.6 is 0 Å². The lowest BCUT2D eigenvalue weighted by atomic mass is 9.81. The molecule has 0 unspecified atom stereocenters. The first-order valence-electron chi connectivity index (χ1n) is 6.29. The average molecular weight is 247 g/mol. The van der Waals surface area contributed by atoms with E-state index in [0.717, 1.165) is 12.8 Å². The number of likely N-dealkylation sites (tertiary alicyclic amines) is 1. The van der Waals surface area contributed by atoms with Crippen molar-refractivity contribution in [2.75, 3.05) is 0 Å². The summed E-state index contributed by atoms with van der Waals surface area (Å²) in [6.45, 7) is 0.247. The number of hydrogen-bond donors (Lipinski definition) is 0. The van der Waals surface area contributed by atoms with Crippen molar-refractivity contribution < 1.29 is 18.7 Å². The van der Waals surface area contributed by atoms with Crippen LogP contribution in [0.15, 0.2) is 22.8 Å². The van der Waals surface area contributed by atoms with Gasteiger partial charge in [0.1, 0.15) is 5.76 Å². The topological polar surface area (TPSA) is 59.8 Å². The SMILES string of the molecule is O=C1[C@@H]2[C@@H](C(=O)N1Cc1ccco1)[C@H]1CC[C@H]2O1. The molecule has 2 amide bonds. The molecule has 3 aliphatic heterocycles. The second kappa shape index (κ2) is 3.45. The molecule has 1 aromatic heterocycles. The maximum Gasteiger partial charge on any atom is 0.236 e. The summed E-state index contributed by atoms with van der Waals surface area (Å²) in [6.07, 6.45) is 3.27. The molecule has 0 N–H and O–H groups in total. The first-order valence-corrected chi connectivity index (χ1v) is 6.29. The number of ether oxygens (including phenoxy) is 1. The van der Waals surface area contributed by atoms with Crippen LogP contribution in [0.25, 0.3) is 0 Å². The van der Waals surface area contributed by atoms with Crippen molar-refractivity contribution in [3.63, 3.8) is 0 Å². The van der Waals surface area contributed by atoms with E-state index in [0.29, 0.717) is 5.76 Å². The number of hydrogen-bond acceptors (Lipinski definition) is 4. The Morgan fingerprint density at radius 1 is 1.17 bits per heavy atom. The summed E-state index contributed by atoms with van der Waals surface area (Å²) in [4.78, 5) is 25.9. The van der Waals surface area contributed by atoms with Crippen molar-refractivity contribution in [2.45, 2.75) is 31.6 Å². The number of nitrogens with zero attached hydrogens (tertiary/aromatic N) is 1. The van der Waals surface area contributed by atoms with Crippen LogP contribution in [0, 0.1) is 11.8 Å². The molecular weight excluding hydrogens is 234 g/mol. The fourth-order valence-corrected chi connectivity index (χ4v) is 3.49. The van der Waals surface area contributed by atoms with Crippen LogP contribution in [-0.4, -0.2) is 28.9 Å². The largest absolute Gasteiger partial charge is 0.467 e. The summed E-state index contributed by atoms with van der Waals surface area (Å²) in [5, 5.41) is 0. The predicted molar refractivity (Wildman–Crippen MR) is 59.1 cm³/mol. The zero-order valence-corrected chi connectivity index (χ0v) is 9.74. The van der Waals surface area contributed by atoms with Crippen LogP contribution in [0.2, 0.25) is 0 Å². The van der Waals surface area contributed by atoms with Gasteiger partial charge in [-0.15, -0.1) is 0 Å². The van der Waals surface area contributed by atoms with Crippen molar-refractivity contribution in [1.82, 2.24) is 4.90 Å². The molecule has 94 valence electrons. The summed E-state index contributed by atoms with van der Waals surface area (Å²) in [5.74, 6) is -0.0236. The van der Waals surface area contributed by atoms with Gasteiger partial charge in [-0.1, -0.05) is 0 Å². The summed E-state index contributed by atoms with van der Waals surface area (Å²) >= 11 is 0. The molecule has 0 saturated carbocycles. The van der Waals surface area contributed by atoms with Gasteiger partial charge in [-0.3, -0.25) is 14.5 Å². The van der Waals surface area contributed by atoms with Gasteiger partial charge in [0.2, 0.25) is 11.8 Å². The third-order valence-corrected chi connectivity index (χ3v) is 4.27. The Kier molecular flexibility index (Phi) is 1.97. The van der Waals surface area contributed by atoms with Crippen LogP contribution in [0.3, 0.4) is 0 Å². The van der Waals surface area contributed by atoms with E-state index in [-0.39, 0.29) is 42.4 Å². The highest BCUT2D eigenvalue weighted by Gasteiger charge is 2.62. The van der Waals surface area contributed by atoms with Crippen molar-refractivity contribution in [2.24, 2.45) is 11.8 Å². The molecule has 0 radical (unpaired) electrons. The van der Waals surface area contributed by atoms with E-state index < -0.39 is 0 Å². The lowest BCUT2D eigenvalue weighted by Gasteiger charge is -2.15. The number of imide groups is 1. The van der Waals surface area contributed by atoms with Gasteiger partial charge in [-0.2, -0.15) is 0 Å². The predicted octanol–water partition coefficient (Wildman–Crippen LogP) is 0.942. The van der Waals surface area contributed by atoms with Gasteiger partial charge in [-0.05, 0) is 25.0 Å². The fraction of sp³-hybridized carbons (Fsp3) is 0.538. The summed E-state index contributed by atoms with van der Waals surface area (Å²) in [6, 6.07) is 3.54. The maximum atomic E-state index is 12.3. The van der Waals surface area contributed by atoms with Gasteiger partial charge in [0.25, 0.3) is 0 Å². The molecule has 0 aromatic carbocycles. The van der Waals surface area contributed by atoms with Crippen LogP contribution in [0.5, 0.6) is 0 Å². The van der Waals surface area contributed by atoms with E-state index in [2.05, 4.69) is 0 Å². The van der Waals surface area contributed by atoms with E-state index in [1.165, 1.54) is 4.90 Å². The van der Waals surface area contributed by atoms with E-state index in [9.17, 15) is 9.59 Å². The highest BCUT2D eigenvalue weighted by molar-refractivity contribution is 6.06. The van der Waals surface area contributed by atoms with Gasteiger partial charge >= 0.3 is 0 Å². The Labute approximate surface area is 104 Å². The van der Waals surface area contributed by atoms with Crippen molar-refractivity contribution in [3.8, 4) is 0 Å². The highest BCUT2D eigenvalue weighted by Crippen LogP contribution is 2.48. The monoisotopic (exact) mass is 247 g/mol. The Balaban J connectivity index is 1.63. The molecule has 3 aliphatic rings. The van der Waals surface area contributed by atoms with Crippen LogP contribution in [-0.2, 0) is 20.9 Å². The smallest absolute Gasteiger partial charge is 0.236 e. The average Bonchev–Trinajstić information content (AvgIpc) is 3.10. The molecule has 18 heavy (non-hydrogen) atoms. The first-order chi connectivity index (χ1) is 8.75. The molecule has 5 heteroatoms. The normalized spacial score (nSPS) is 37.7. The van der Waals surface area contributed by atoms with Crippen molar-refractivity contribution >= 4 is 11.8 Å². The van der Waals surface area contributed by atoms with Gasteiger partial charge in [0, 0.05) is 0 Å². The second-order valence-electron chi connectivity index (χ2n) is 5.18. The molecule has 0 aliphatic carbocycles. The Bertz CT molecular complexity index is 481. The zero-order valence-electron chi connectivity index (χ0n) is 9.74. The lowest BCUT2D eigenvalue weighted by molar-refractivity contribution is -0.143. The van der Waals surface area contributed by atoms with Gasteiger partial charge in [0.15, 0.2) is 0 Å². The molecule has 4 atom stereocenters. The lowest BCUT2D eigenvalue weighted by Crippen LogP contribution is -2.33. The van der Waals surface area contributed by atoms with E-state index in [1.54, 1.807) is 18.4 Å². The molecule has 2 bridgehead atoms. The third kappa shape index (κ3) is 1.20. The van der Waals surface area contributed by atoms with Crippen molar-refractivity contribution in [1.29, 1.82) is 0 Å². The number of carbonyl (C=O) groups is 2. The first kappa shape index (κ1) is 10.3. The molecule has 5 nitrogen and oxygen atoms in total. The molecule has 3 fully saturated rings. The number of rotatable bonds is 2. The summed E-state index contributed by atoms with van der Waals surface area (Å²) in [5.41, 5.74) is 0. The van der Waals surface area contributed by atoms with Gasteiger partial charge in [-0.25, -0.2) is 0 Å². The number of fused-ring (bicyclic) bond motifs is 5. The minimum Gasteiger partial charge on any atom is -0.467 e. The molecule has 4 rings (SSSR count). The standard InChI is InChI=1S/C13H13NO4/c15-12-10-8-3-4-9(18-8)11(10)13(16)14(12)6-7-2-1-5-17-7/h1-2,5,8-11H,3-4,6H2/t8-,9-,10+,11+/m1/s1. The van der Waals surface area contributed by atoms with Gasteiger partial charge < -0.3 is 9.15 Å². The Hall–Kier alpha value is -1.62.